The second-order valence-corrected chi connectivity index (χ2v) is 5.71. The van der Waals surface area contributed by atoms with Gasteiger partial charge in [0.25, 0.3) is 0 Å². The highest BCUT2D eigenvalue weighted by atomic mass is 19.1. The molecule has 1 aliphatic rings. The molecule has 0 radical (unpaired) electrons. The molecule has 1 fully saturated rings. The summed E-state index contributed by atoms with van der Waals surface area (Å²) in [5.74, 6) is 0.378. The quantitative estimate of drug-likeness (QED) is 0.828. The fraction of sp³-hybridized carbons (Fsp3) is 0.625. The lowest BCUT2D eigenvalue weighted by Crippen LogP contribution is -2.56. The zero-order chi connectivity index (χ0) is 13.2. The number of benzene rings is 1. The molecule has 2 heteroatoms. The van der Waals surface area contributed by atoms with E-state index in [-0.39, 0.29) is 11.2 Å². The van der Waals surface area contributed by atoms with E-state index in [4.69, 9.17) is 0 Å². The van der Waals surface area contributed by atoms with Crippen molar-refractivity contribution in [2.45, 2.75) is 52.0 Å². The van der Waals surface area contributed by atoms with Crippen LogP contribution < -0.4 is 5.32 Å². The van der Waals surface area contributed by atoms with Crippen molar-refractivity contribution in [3.8, 4) is 0 Å². The van der Waals surface area contributed by atoms with E-state index in [1.165, 1.54) is 12.5 Å². The Kier molecular flexibility index (Phi) is 4.06. The molecule has 1 N–H and O–H groups in total. The molecule has 1 aromatic carbocycles. The highest BCUT2D eigenvalue weighted by molar-refractivity contribution is 5.28. The molecule has 0 spiro atoms. The molecule has 3 unspecified atom stereocenters. The molecule has 0 amide bonds. The van der Waals surface area contributed by atoms with Crippen LogP contribution in [0, 0.1) is 11.2 Å². The van der Waals surface area contributed by atoms with Crippen LogP contribution in [0.3, 0.4) is 0 Å². The molecule has 1 nitrogen and oxygen atoms in total. The Bertz CT molecular complexity index is 404. The summed E-state index contributed by atoms with van der Waals surface area (Å²) in [5.41, 5.74) is 1.43. The highest BCUT2D eigenvalue weighted by Crippen LogP contribution is 2.54. The number of halogens is 1. The van der Waals surface area contributed by atoms with Crippen molar-refractivity contribution in [1.82, 2.24) is 5.32 Å². The second-order valence-electron chi connectivity index (χ2n) is 5.71. The molecule has 3 atom stereocenters. The van der Waals surface area contributed by atoms with Crippen LogP contribution in [-0.4, -0.2) is 12.6 Å². The van der Waals surface area contributed by atoms with Crippen LogP contribution in [0.4, 0.5) is 4.39 Å². The average molecular weight is 249 g/mol. The van der Waals surface area contributed by atoms with Gasteiger partial charge in [0.15, 0.2) is 0 Å². The average Bonchev–Trinajstić information content (AvgIpc) is 2.36. The Morgan fingerprint density at radius 2 is 2.17 bits per heavy atom. The molecule has 100 valence electrons. The maximum absolute atomic E-state index is 13.3. The van der Waals surface area contributed by atoms with Crippen molar-refractivity contribution in [3.63, 3.8) is 0 Å². The molecular weight excluding hydrogens is 225 g/mol. The van der Waals surface area contributed by atoms with Crippen molar-refractivity contribution in [3.05, 3.63) is 35.6 Å². The summed E-state index contributed by atoms with van der Waals surface area (Å²) >= 11 is 0. The van der Waals surface area contributed by atoms with Gasteiger partial charge in [-0.3, -0.25) is 0 Å². The minimum atomic E-state index is -0.115. The normalized spacial score (nSPS) is 31.1. The third-order valence-electron chi connectivity index (χ3n) is 4.72. The van der Waals surface area contributed by atoms with Crippen LogP contribution in [0.5, 0.6) is 0 Å². The highest BCUT2D eigenvalue weighted by Gasteiger charge is 2.50. The van der Waals surface area contributed by atoms with Gasteiger partial charge in [0.05, 0.1) is 0 Å². The van der Waals surface area contributed by atoms with Crippen LogP contribution >= 0.6 is 0 Å². The molecule has 0 bridgehead atoms. The summed E-state index contributed by atoms with van der Waals surface area (Å²) in [7, 11) is 0. The standard InChI is InChI=1S/C16H24FN/c1-4-9-18-15-11-14(16(15,3)5-2)12-7-6-8-13(17)10-12/h6-8,10,14-15,18H,4-5,9,11H2,1-3H3. The Morgan fingerprint density at radius 1 is 1.39 bits per heavy atom. The van der Waals surface area contributed by atoms with Gasteiger partial charge in [-0.05, 0) is 54.8 Å². The number of hydrogen-bond acceptors (Lipinski definition) is 1. The zero-order valence-corrected chi connectivity index (χ0v) is 11.7. The molecular formula is C16H24FN. The molecule has 0 saturated heterocycles. The SMILES string of the molecule is CCCNC1CC(c2cccc(F)c2)C1(C)CC. The van der Waals surface area contributed by atoms with Gasteiger partial charge < -0.3 is 5.32 Å². The summed E-state index contributed by atoms with van der Waals surface area (Å²) < 4.78 is 13.3. The zero-order valence-electron chi connectivity index (χ0n) is 11.7. The summed E-state index contributed by atoms with van der Waals surface area (Å²) in [6.07, 6.45) is 3.43. The van der Waals surface area contributed by atoms with Crippen molar-refractivity contribution in [2.75, 3.05) is 6.54 Å². The van der Waals surface area contributed by atoms with E-state index < -0.39 is 0 Å². The Morgan fingerprint density at radius 3 is 2.78 bits per heavy atom. The Labute approximate surface area is 110 Å². The summed E-state index contributed by atoms with van der Waals surface area (Å²) in [4.78, 5) is 0. The van der Waals surface area contributed by atoms with Gasteiger partial charge in [0.2, 0.25) is 0 Å². The first-order chi connectivity index (χ1) is 8.61. The van der Waals surface area contributed by atoms with Crippen molar-refractivity contribution in [1.29, 1.82) is 0 Å². The van der Waals surface area contributed by atoms with Gasteiger partial charge in [-0.1, -0.05) is 32.9 Å². The lowest BCUT2D eigenvalue weighted by Gasteiger charge is -2.55. The number of nitrogens with one attached hydrogen (secondary N) is 1. The van der Waals surface area contributed by atoms with Gasteiger partial charge in [0.1, 0.15) is 5.82 Å². The molecule has 1 saturated carbocycles. The van der Waals surface area contributed by atoms with Crippen molar-refractivity contribution >= 4 is 0 Å². The van der Waals surface area contributed by atoms with E-state index in [1.807, 2.05) is 6.07 Å². The lowest BCUT2D eigenvalue weighted by molar-refractivity contribution is 0.0444. The van der Waals surface area contributed by atoms with Crippen molar-refractivity contribution in [2.24, 2.45) is 5.41 Å². The number of hydrogen-bond donors (Lipinski definition) is 1. The molecule has 18 heavy (non-hydrogen) atoms. The molecule has 0 aromatic heterocycles. The van der Waals surface area contributed by atoms with E-state index in [0.29, 0.717) is 12.0 Å². The molecule has 1 aromatic rings. The van der Waals surface area contributed by atoms with E-state index in [1.54, 1.807) is 6.07 Å². The maximum atomic E-state index is 13.3. The maximum Gasteiger partial charge on any atom is 0.123 e. The third-order valence-corrected chi connectivity index (χ3v) is 4.72. The van der Waals surface area contributed by atoms with Gasteiger partial charge in [-0.25, -0.2) is 4.39 Å². The predicted octanol–water partition coefficient (Wildman–Crippen LogP) is 4.10. The topological polar surface area (TPSA) is 12.0 Å². The summed E-state index contributed by atoms with van der Waals surface area (Å²) in [5, 5.41) is 3.63. The predicted molar refractivity (Wildman–Crippen MR) is 74.2 cm³/mol. The van der Waals surface area contributed by atoms with E-state index >= 15 is 0 Å². The van der Waals surface area contributed by atoms with Crippen LogP contribution in [0.25, 0.3) is 0 Å². The van der Waals surface area contributed by atoms with Gasteiger partial charge >= 0.3 is 0 Å². The van der Waals surface area contributed by atoms with Gasteiger partial charge in [-0.2, -0.15) is 0 Å². The van der Waals surface area contributed by atoms with Gasteiger partial charge in [-0.15, -0.1) is 0 Å². The van der Waals surface area contributed by atoms with Crippen LogP contribution in [0.1, 0.15) is 51.5 Å². The molecule has 1 aliphatic carbocycles. The third kappa shape index (κ3) is 2.31. The fourth-order valence-electron chi connectivity index (χ4n) is 3.22. The first-order valence-electron chi connectivity index (χ1n) is 7.10. The van der Waals surface area contributed by atoms with E-state index in [0.717, 1.165) is 24.9 Å². The molecule has 0 heterocycles. The smallest absolute Gasteiger partial charge is 0.123 e. The minimum Gasteiger partial charge on any atom is -0.313 e. The molecule has 2 rings (SSSR count). The Balaban J connectivity index is 2.12. The molecule has 0 aliphatic heterocycles. The number of rotatable bonds is 5. The Hall–Kier alpha value is -0.890. The van der Waals surface area contributed by atoms with Crippen LogP contribution in [0.15, 0.2) is 24.3 Å². The summed E-state index contributed by atoms with van der Waals surface area (Å²) in [6, 6.07) is 7.70. The van der Waals surface area contributed by atoms with E-state index in [2.05, 4.69) is 32.2 Å². The van der Waals surface area contributed by atoms with Gasteiger partial charge in [0, 0.05) is 6.04 Å². The fourth-order valence-corrected chi connectivity index (χ4v) is 3.22. The largest absolute Gasteiger partial charge is 0.313 e. The van der Waals surface area contributed by atoms with Crippen LogP contribution in [0.2, 0.25) is 0 Å². The minimum absolute atomic E-state index is 0.115. The summed E-state index contributed by atoms with van der Waals surface area (Å²) in [6.45, 7) is 7.85. The second kappa shape index (κ2) is 5.40. The van der Waals surface area contributed by atoms with Crippen molar-refractivity contribution < 1.29 is 4.39 Å². The first-order valence-corrected chi connectivity index (χ1v) is 7.10. The monoisotopic (exact) mass is 249 g/mol. The van der Waals surface area contributed by atoms with Crippen LogP contribution in [-0.2, 0) is 0 Å². The lowest BCUT2D eigenvalue weighted by atomic mass is 9.54. The van der Waals surface area contributed by atoms with E-state index in [9.17, 15) is 4.39 Å². The first kappa shape index (κ1) is 13.5.